The number of urea groups is 1. The molecule has 1 aromatic carbocycles. The van der Waals surface area contributed by atoms with Crippen LogP contribution in [0.5, 0.6) is 0 Å². The van der Waals surface area contributed by atoms with Gasteiger partial charge in [-0.3, -0.25) is 0 Å². The first-order chi connectivity index (χ1) is 11.4. The van der Waals surface area contributed by atoms with Gasteiger partial charge in [-0.2, -0.15) is 11.8 Å². The molecule has 8 heteroatoms. The van der Waals surface area contributed by atoms with Crippen LogP contribution in [0.25, 0.3) is 11.0 Å². The van der Waals surface area contributed by atoms with Gasteiger partial charge in [0.15, 0.2) is 0 Å². The largest absolute Gasteiger partial charge is 0.480 e. The first-order valence-electron chi connectivity index (χ1n) is 7.57. The van der Waals surface area contributed by atoms with Gasteiger partial charge in [-0.05, 0) is 30.6 Å². The third kappa shape index (κ3) is 4.19. The molecule has 0 aliphatic carbocycles. The van der Waals surface area contributed by atoms with Gasteiger partial charge in [-0.15, -0.1) is 0 Å². The van der Waals surface area contributed by atoms with E-state index in [1.807, 2.05) is 42.1 Å². The predicted octanol–water partition coefficient (Wildman–Crippen LogP) is 1.92. The minimum atomic E-state index is -1.02. The summed E-state index contributed by atoms with van der Waals surface area (Å²) in [4.78, 5) is 29.5. The van der Waals surface area contributed by atoms with Crippen LogP contribution in [-0.2, 0) is 18.4 Å². The number of aliphatic carboxylic acids is 1. The number of hydrogen-bond donors (Lipinski definition) is 2. The van der Waals surface area contributed by atoms with Gasteiger partial charge in [-0.25, -0.2) is 14.6 Å². The summed E-state index contributed by atoms with van der Waals surface area (Å²) in [7, 11) is 3.52. The number of carboxylic acids is 1. The molecule has 0 spiro atoms. The van der Waals surface area contributed by atoms with Crippen molar-refractivity contribution in [2.75, 3.05) is 19.1 Å². The van der Waals surface area contributed by atoms with Crippen LogP contribution in [0.4, 0.5) is 4.79 Å². The van der Waals surface area contributed by atoms with Crippen LogP contribution < -0.4 is 5.32 Å². The Morgan fingerprint density at radius 3 is 2.75 bits per heavy atom. The molecule has 2 N–H and O–H groups in total. The second kappa shape index (κ2) is 8.05. The van der Waals surface area contributed by atoms with E-state index in [-0.39, 0.29) is 0 Å². The Balaban J connectivity index is 2.04. The number of carbonyl (C=O) groups excluding carboxylic acids is 1. The van der Waals surface area contributed by atoms with Crippen molar-refractivity contribution in [3.8, 4) is 0 Å². The minimum absolute atomic E-state index is 0.298. The van der Waals surface area contributed by atoms with Gasteiger partial charge in [0.25, 0.3) is 0 Å². The number of imidazole rings is 1. The number of carboxylic acid groups (broad SMARTS) is 1. The molecule has 0 fully saturated rings. The summed E-state index contributed by atoms with van der Waals surface area (Å²) >= 11 is 1.55. The Bertz CT molecular complexity index is 731. The molecule has 0 saturated heterocycles. The van der Waals surface area contributed by atoms with E-state index >= 15 is 0 Å². The Kier molecular flexibility index (Phi) is 6.08. The molecule has 130 valence electrons. The molecule has 0 aliphatic rings. The van der Waals surface area contributed by atoms with E-state index in [0.29, 0.717) is 18.7 Å². The maximum Gasteiger partial charge on any atom is 0.326 e. The Hall–Kier alpha value is -2.22. The normalized spacial score (nSPS) is 12.1. The number of rotatable bonds is 7. The molecule has 24 heavy (non-hydrogen) atoms. The summed E-state index contributed by atoms with van der Waals surface area (Å²) in [5.41, 5.74) is 1.86. The molecule has 0 bridgehead atoms. The molecule has 2 aromatic rings. The maximum absolute atomic E-state index is 12.3. The number of aromatic nitrogens is 2. The summed E-state index contributed by atoms with van der Waals surface area (Å²) in [6, 6.07) is 6.44. The number of amides is 2. The van der Waals surface area contributed by atoms with Crippen LogP contribution in [0.2, 0.25) is 0 Å². The van der Waals surface area contributed by atoms with Gasteiger partial charge in [0.05, 0.1) is 17.6 Å². The third-order valence-corrected chi connectivity index (χ3v) is 4.46. The Morgan fingerprint density at radius 2 is 2.12 bits per heavy atom. The molecule has 1 atom stereocenters. The lowest BCUT2D eigenvalue weighted by Gasteiger charge is -2.21. The molecule has 0 radical (unpaired) electrons. The lowest BCUT2D eigenvalue weighted by atomic mass is 10.2. The fraction of sp³-hybridized carbons (Fsp3) is 0.438. The zero-order chi connectivity index (χ0) is 17.7. The van der Waals surface area contributed by atoms with Crippen molar-refractivity contribution >= 4 is 34.8 Å². The SMILES string of the molecule is CSCC[C@@H](NC(=O)N(C)Cc1nc2ccccc2n1C)C(=O)O. The molecule has 0 saturated carbocycles. The van der Waals surface area contributed by atoms with E-state index in [4.69, 9.17) is 0 Å². The second-order valence-electron chi connectivity index (χ2n) is 5.55. The van der Waals surface area contributed by atoms with Crippen LogP contribution in [0.1, 0.15) is 12.2 Å². The highest BCUT2D eigenvalue weighted by Gasteiger charge is 2.22. The van der Waals surface area contributed by atoms with Gasteiger partial charge in [0.1, 0.15) is 11.9 Å². The molecular formula is C16H22N4O3S. The average molecular weight is 350 g/mol. The lowest BCUT2D eigenvalue weighted by Crippen LogP contribution is -2.46. The number of fused-ring (bicyclic) bond motifs is 1. The fourth-order valence-corrected chi connectivity index (χ4v) is 2.84. The first kappa shape index (κ1) is 18.1. The monoisotopic (exact) mass is 350 g/mol. The van der Waals surface area contributed by atoms with Gasteiger partial charge < -0.3 is 19.9 Å². The van der Waals surface area contributed by atoms with Crippen molar-refractivity contribution in [1.29, 1.82) is 0 Å². The average Bonchev–Trinajstić information content (AvgIpc) is 2.87. The molecule has 2 rings (SSSR count). The van der Waals surface area contributed by atoms with Gasteiger partial charge in [0, 0.05) is 14.1 Å². The lowest BCUT2D eigenvalue weighted by molar-refractivity contribution is -0.139. The Labute approximate surface area is 145 Å². The zero-order valence-electron chi connectivity index (χ0n) is 14.0. The molecule has 7 nitrogen and oxygen atoms in total. The number of benzene rings is 1. The second-order valence-corrected chi connectivity index (χ2v) is 6.54. The summed E-state index contributed by atoms with van der Waals surface area (Å²) < 4.78 is 1.93. The summed E-state index contributed by atoms with van der Waals surface area (Å²) in [6.07, 6.45) is 2.29. The zero-order valence-corrected chi connectivity index (χ0v) is 14.8. The van der Waals surface area contributed by atoms with Crippen LogP contribution in [0.3, 0.4) is 0 Å². The van der Waals surface area contributed by atoms with E-state index in [1.165, 1.54) is 4.90 Å². The third-order valence-electron chi connectivity index (χ3n) is 3.81. The van der Waals surface area contributed by atoms with Crippen LogP contribution in [0, 0.1) is 0 Å². The van der Waals surface area contributed by atoms with Crippen molar-refractivity contribution in [3.05, 3.63) is 30.1 Å². The first-order valence-corrected chi connectivity index (χ1v) is 8.97. The maximum atomic E-state index is 12.3. The number of nitrogens with zero attached hydrogens (tertiary/aromatic N) is 3. The van der Waals surface area contributed by atoms with Crippen LogP contribution >= 0.6 is 11.8 Å². The highest BCUT2D eigenvalue weighted by atomic mass is 32.2. The molecule has 1 aromatic heterocycles. The number of hydrogen-bond acceptors (Lipinski definition) is 4. The fourth-order valence-electron chi connectivity index (χ4n) is 2.37. The molecule has 0 unspecified atom stereocenters. The van der Waals surface area contributed by atoms with Gasteiger partial charge in [-0.1, -0.05) is 12.1 Å². The number of nitrogens with one attached hydrogen (secondary N) is 1. The van der Waals surface area contributed by atoms with E-state index in [0.717, 1.165) is 16.9 Å². The molecule has 0 aliphatic heterocycles. The molecule has 1 heterocycles. The summed E-state index contributed by atoms with van der Waals surface area (Å²) in [6.45, 7) is 0.298. The van der Waals surface area contributed by atoms with Crippen molar-refractivity contribution in [3.63, 3.8) is 0 Å². The van der Waals surface area contributed by atoms with Crippen molar-refractivity contribution < 1.29 is 14.7 Å². The van der Waals surface area contributed by atoms with Gasteiger partial charge in [0.2, 0.25) is 0 Å². The number of thioether (sulfide) groups is 1. The summed E-state index contributed by atoms with van der Waals surface area (Å²) in [5.74, 6) is 0.393. The summed E-state index contributed by atoms with van der Waals surface area (Å²) in [5, 5.41) is 11.8. The highest BCUT2D eigenvalue weighted by Crippen LogP contribution is 2.15. The van der Waals surface area contributed by atoms with Crippen molar-refractivity contribution in [2.45, 2.75) is 19.0 Å². The topological polar surface area (TPSA) is 87.5 Å². The predicted molar refractivity (Wildman–Crippen MR) is 95.1 cm³/mol. The smallest absolute Gasteiger partial charge is 0.326 e. The van der Waals surface area contributed by atoms with E-state index < -0.39 is 18.0 Å². The van der Waals surface area contributed by atoms with E-state index in [1.54, 1.807) is 18.8 Å². The number of para-hydroxylation sites is 2. The van der Waals surface area contributed by atoms with E-state index in [2.05, 4.69) is 10.3 Å². The Morgan fingerprint density at radius 1 is 1.42 bits per heavy atom. The number of carbonyl (C=O) groups is 2. The van der Waals surface area contributed by atoms with Crippen molar-refractivity contribution in [1.82, 2.24) is 19.8 Å². The van der Waals surface area contributed by atoms with Crippen LogP contribution in [0.15, 0.2) is 24.3 Å². The number of aryl methyl sites for hydroxylation is 1. The molecule has 2 amide bonds. The van der Waals surface area contributed by atoms with Crippen LogP contribution in [-0.4, -0.2) is 56.7 Å². The highest BCUT2D eigenvalue weighted by molar-refractivity contribution is 7.98. The van der Waals surface area contributed by atoms with Crippen molar-refractivity contribution in [2.24, 2.45) is 7.05 Å². The standard InChI is InChI=1S/C16H22N4O3S/c1-19(16(23)18-12(15(21)22)8-9-24-3)10-14-17-11-6-4-5-7-13(11)20(14)2/h4-7,12H,8-10H2,1-3H3,(H,18,23)(H,21,22)/t12-/m1/s1. The van der Waals surface area contributed by atoms with Gasteiger partial charge >= 0.3 is 12.0 Å². The molecular weight excluding hydrogens is 328 g/mol. The van der Waals surface area contributed by atoms with E-state index in [9.17, 15) is 14.7 Å². The quantitative estimate of drug-likeness (QED) is 0.797. The minimum Gasteiger partial charge on any atom is -0.480 e.